The van der Waals surface area contributed by atoms with Gasteiger partial charge >= 0.3 is 0 Å². The summed E-state index contributed by atoms with van der Waals surface area (Å²) in [6.07, 6.45) is 8.44. The van der Waals surface area contributed by atoms with Crippen molar-refractivity contribution in [2.24, 2.45) is 0 Å². The first-order valence-corrected chi connectivity index (χ1v) is 11.0. The van der Waals surface area contributed by atoms with Crippen molar-refractivity contribution < 1.29 is 9.78 Å². The molecule has 2 N–H and O–H groups in total. The van der Waals surface area contributed by atoms with Crippen molar-refractivity contribution >= 4 is 39.2 Å². The van der Waals surface area contributed by atoms with Crippen LogP contribution in [0.5, 0.6) is 0 Å². The first-order valence-electron chi connectivity index (χ1n) is 9.18. The maximum absolute atomic E-state index is 13.1. The van der Waals surface area contributed by atoms with Crippen molar-refractivity contribution in [2.75, 3.05) is 5.75 Å². The lowest BCUT2D eigenvalue weighted by Gasteiger charge is -2.10. The van der Waals surface area contributed by atoms with Gasteiger partial charge in [-0.05, 0) is 30.9 Å². The Labute approximate surface area is 170 Å². The Morgan fingerprint density at radius 1 is 1.46 bits per heavy atom. The van der Waals surface area contributed by atoms with Crippen molar-refractivity contribution in [3.05, 3.63) is 63.5 Å². The molecule has 1 aliphatic rings. The van der Waals surface area contributed by atoms with E-state index in [-0.39, 0.29) is 17.2 Å². The van der Waals surface area contributed by atoms with Gasteiger partial charge in [0.1, 0.15) is 4.83 Å². The van der Waals surface area contributed by atoms with E-state index in [1.165, 1.54) is 22.2 Å². The van der Waals surface area contributed by atoms with Gasteiger partial charge in [0, 0.05) is 29.6 Å². The summed E-state index contributed by atoms with van der Waals surface area (Å²) in [7, 11) is 0. The van der Waals surface area contributed by atoms with Crippen molar-refractivity contribution in [2.45, 2.75) is 37.5 Å². The van der Waals surface area contributed by atoms with Crippen LogP contribution in [0.25, 0.3) is 10.2 Å². The summed E-state index contributed by atoms with van der Waals surface area (Å²) in [5.74, 6) is 0.110. The molecule has 1 amide bonds. The zero-order chi connectivity index (χ0) is 19.5. The summed E-state index contributed by atoms with van der Waals surface area (Å²) in [6, 6.07) is 3.83. The van der Waals surface area contributed by atoms with E-state index in [1.807, 2.05) is 24.5 Å². The molecule has 3 aromatic rings. The molecule has 0 aromatic carbocycles. The lowest BCUT2D eigenvalue weighted by Crippen LogP contribution is -2.27. The van der Waals surface area contributed by atoms with Gasteiger partial charge in [-0.25, -0.2) is 9.97 Å². The number of hydrogen-bond acceptors (Lipinski definition) is 5. The second kappa shape index (κ2) is 8.28. The van der Waals surface area contributed by atoms with Crippen LogP contribution in [0.15, 0.2) is 47.1 Å². The number of rotatable bonds is 7. The molecule has 3 heterocycles. The monoisotopic (exact) mass is 413 g/mol. The zero-order valence-corrected chi connectivity index (χ0v) is 17.0. The SMILES string of the molecule is C=CCn1c(SCC(=O)NCc2ccc[nH+]c2)nc2sc3c(c2c1=O)CCC3. The third-order valence-electron chi connectivity index (χ3n) is 4.70. The van der Waals surface area contributed by atoms with Gasteiger partial charge in [-0.15, -0.1) is 17.9 Å². The van der Waals surface area contributed by atoms with Crippen molar-refractivity contribution in [3.8, 4) is 0 Å². The number of carbonyl (C=O) groups is 1. The summed E-state index contributed by atoms with van der Waals surface area (Å²) in [5, 5.41) is 4.22. The largest absolute Gasteiger partial charge is 0.351 e. The lowest BCUT2D eigenvalue weighted by atomic mass is 10.2. The number of allylic oxidation sites excluding steroid dienone is 1. The van der Waals surface area contributed by atoms with Gasteiger partial charge in [0.05, 0.1) is 11.1 Å². The van der Waals surface area contributed by atoms with Gasteiger partial charge < -0.3 is 5.32 Å². The Morgan fingerprint density at radius 2 is 2.36 bits per heavy atom. The average molecular weight is 414 g/mol. The molecule has 8 heteroatoms. The lowest BCUT2D eigenvalue weighted by molar-refractivity contribution is -0.378. The van der Waals surface area contributed by atoms with E-state index < -0.39 is 0 Å². The molecular formula is C20H21N4O2S2+. The van der Waals surface area contributed by atoms with Crippen LogP contribution in [0, 0.1) is 0 Å². The summed E-state index contributed by atoms with van der Waals surface area (Å²) >= 11 is 2.91. The van der Waals surface area contributed by atoms with Gasteiger partial charge in [0.25, 0.3) is 5.56 Å². The molecule has 0 aliphatic heterocycles. The molecule has 28 heavy (non-hydrogen) atoms. The number of nitrogens with zero attached hydrogens (tertiary/aromatic N) is 2. The van der Waals surface area contributed by atoms with E-state index >= 15 is 0 Å². The molecule has 4 rings (SSSR count). The van der Waals surface area contributed by atoms with Gasteiger partial charge in [-0.2, -0.15) is 0 Å². The minimum absolute atomic E-state index is 0.0213. The molecule has 0 unspecified atom stereocenters. The number of thiophene rings is 1. The first kappa shape index (κ1) is 18.9. The number of aryl methyl sites for hydroxylation is 2. The molecule has 3 aromatic heterocycles. The van der Waals surface area contributed by atoms with E-state index in [0.717, 1.165) is 35.0 Å². The Kier molecular flexibility index (Phi) is 5.59. The van der Waals surface area contributed by atoms with Crippen LogP contribution in [0.1, 0.15) is 22.4 Å². The Hall–Kier alpha value is -2.45. The van der Waals surface area contributed by atoms with E-state index in [2.05, 4.69) is 16.9 Å². The van der Waals surface area contributed by atoms with Crippen molar-refractivity contribution in [1.82, 2.24) is 14.9 Å². The Balaban J connectivity index is 1.53. The van der Waals surface area contributed by atoms with E-state index in [4.69, 9.17) is 4.98 Å². The highest BCUT2D eigenvalue weighted by molar-refractivity contribution is 7.99. The topological polar surface area (TPSA) is 78.1 Å². The molecule has 6 nitrogen and oxygen atoms in total. The van der Waals surface area contributed by atoms with Crippen molar-refractivity contribution in [1.29, 1.82) is 0 Å². The van der Waals surface area contributed by atoms with Crippen LogP contribution >= 0.6 is 23.1 Å². The maximum atomic E-state index is 13.1. The third kappa shape index (κ3) is 3.74. The van der Waals surface area contributed by atoms with Crippen molar-refractivity contribution in [3.63, 3.8) is 0 Å². The molecular weight excluding hydrogens is 392 g/mol. The third-order valence-corrected chi connectivity index (χ3v) is 6.86. The fraction of sp³-hybridized carbons (Fsp3) is 0.300. The summed E-state index contributed by atoms with van der Waals surface area (Å²) < 4.78 is 1.63. The molecule has 0 saturated carbocycles. The minimum atomic E-state index is -0.0953. The highest BCUT2D eigenvalue weighted by Crippen LogP contribution is 2.35. The number of fused-ring (bicyclic) bond motifs is 3. The Bertz CT molecular complexity index is 1090. The molecule has 0 radical (unpaired) electrons. The number of amides is 1. The van der Waals surface area contributed by atoms with Gasteiger partial charge in [0.15, 0.2) is 17.6 Å². The molecule has 0 spiro atoms. The van der Waals surface area contributed by atoms with E-state index in [9.17, 15) is 9.59 Å². The smallest absolute Gasteiger partial charge is 0.263 e. The fourth-order valence-electron chi connectivity index (χ4n) is 3.38. The van der Waals surface area contributed by atoms with Gasteiger partial charge in [-0.3, -0.25) is 14.2 Å². The molecule has 144 valence electrons. The molecule has 0 fully saturated rings. The van der Waals surface area contributed by atoms with Crippen LogP contribution in [-0.2, 0) is 30.7 Å². The maximum Gasteiger partial charge on any atom is 0.263 e. The van der Waals surface area contributed by atoms with Crippen LogP contribution in [0.4, 0.5) is 0 Å². The predicted molar refractivity (Wildman–Crippen MR) is 112 cm³/mol. The molecule has 0 saturated heterocycles. The first-order chi connectivity index (χ1) is 13.7. The normalized spacial score (nSPS) is 12.9. The summed E-state index contributed by atoms with van der Waals surface area (Å²) in [4.78, 5) is 35.1. The number of hydrogen-bond donors (Lipinski definition) is 1. The molecule has 0 atom stereocenters. The summed E-state index contributed by atoms with van der Waals surface area (Å²) in [5.41, 5.74) is 2.15. The van der Waals surface area contributed by atoms with Gasteiger partial charge in [0.2, 0.25) is 5.91 Å². The van der Waals surface area contributed by atoms with Crippen LogP contribution < -0.4 is 15.9 Å². The number of thioether (sulfide) groups is 1. The number of pyridine rings is 1. The second-order valence-electron chi connectivity index (χ2n) is 6.61. The Morgan fingerprint density at radius 3 is 3.14 bits per heavy atom. The fourth-order valence-corrected chi connectivity index (χ4v) is 5.52. The number of aromatic amines is 1. The predicted octanol–water partition coefficient (Wildman–Crippen LogP) is 2.36. The number of aromatic nitrogens is 3. The minimum Gasteiger partial charge on any atom is -0.351 e. The highest BCUT2D eigenvalue weighted by Gasteiger charge is 2.23. The van der Waals surface area contributed by atoms with Crippen LogP contribution in [-0.4, -0.2) is 21.2 Å². The number of H-pyrrole nitrogens is 1. The van der Waals surface area contributed by atoms with Crippen LogP contribution in [0.2, 0.25) is 0 Å². The highest BCUT2D eigenvalue weighted by atomic mass is 32.2. The zero-order valence-electron chi connectivity index (χ0n) is 15.4. The summed E-state index contributed by atoms with van der Waals surface area (Å²) in [6.45, 7) is 4.60. The standard InChI is InChI=1S/C20H20N4O2S2/c1-2-9-24-19(26)17-14-6-3-7-15(14)28-18(17)23-20(24)27-12-16(25)22-11-13-5-4-8-21-10-13/h2,4-5,8,10H,1,3,6-7,9,11-12H2,(H,22,25)/p+1. The van der Waals surface area contributed by atoms with E-state index in [1.54, 1.807) is 22.0 Å². The number of carbonyl (C=O) groups excluding carboxylic acids is 1. The quantitative estimate of drug-likeness (QED) is 0.366. The average Bonchev–Trinajstić information content (AvgIpc) is 3.29. The van der Waals surface area contributed by atoms with Gasteiger partial charge in [-0.1, -0.05) is 17.8 Å². The van der Waals surface area contributed by atoms with Crippen LogP contribution in [0.3, 0.4) is 0 Å². The second-order valence-corrected chi connectivity index (χ2v) is 8.64. The molecule has 0 bridgehead atoms. The molecule has 1 aliphatic carbocycles. The number of nitrogens with one attached hydrogen (secondary N) is 2. The van der Waals surface area contributed by atoms with E-state index in [0.29, 0.717) is 18.2 Å².